The average molecular weight is 337 g/mol. The molecule has 0 saturated heterocycles. The van der Waals surface area contributed by atoms with Gasteiger partial charge in [0.1, 0.15) is 0 Å². The molecule has 0 aliphatic heterocycles. The first-order valence-electron chi connectivity index (χ1n) is 8.53. The van der Waals surface area contributed by atoms with Gasteiger partial charge in [-0.15, -0.1) is 10.2 Å². The van der Waals surface area contributed by atoms with Crippen LogP contribution >= 0.6 is 0 Å². The predicted molar refractivity (Wildman–Crippen MR) is 98.3 cm³/mol. The maximum absolute atomic E-state index is 9.75. The maximum Gasteiger partial charge on any atom is 0.248 e. The van der Waals surface area contributed by atoms with Crippen molar-refractivity contribution in [3.8, 4) is 11.5 Å². The second-order valence-corrected chi connectivity index (χ2v) is 6.02. The standard InChI is InChI=1S/C20H23N3O2/c1-3-16(14-24)23(17-10-5-4-6-11-17)13-19-21-22-20(25-19)18-12-8-7-9-15(18)2/h4-12,16,24H,3,13-14H2,1-2H3. The molecule has 5 nitrogen and oxygen atoms in total. The van der Waals surface area contributed by atoms with Crippen LogP contribution < -0.4 is 4.90 Å². The van der Waals surface area contributed by atoms with Crippen LogP contribution in [0.15, 0.2) is 59.0 Å². The summed E-state index contributed by atoms with van der Waals surface area (Å²) in [4.78, 5) is 2.11. The van der Waals surface area contributed by atoms with Gasteiger partial charge in [-0.3, -0.25) is 0 Å². The summed E-state index contributed by atoms with van der Waals surface area (Å²) in [6.07, 6.45) is 0.824. The van der Waals surface area contributed by atoms with Crippen molar-refractivity contribution in [2.75, 3.05) is 11.5 Å². The summed E-state index contributed by atoms with van der Waals surface area (Å²) in [5, 5.41) is 18.2. The first kappa shape index (κ1) is 17.2. The van der Waals surface area contributed by atoms with Crippen molar-refractivity contribution in [1.82, 2.24) is 10.2 Å². The molecule has 0 radical (unpaired) electrons. The number of aliphatic hydroxyl groups excluding tert-OH is 1. The van der Waals surface area contributed by atoms with Crippen molar-refractivity contribution in [3.63, 3.8) is 0 Å². The second-order valence-electron chi connectivity index (χ2n) is 6.02. The van der Waals surface area contributed by atoms with Crippen LogP contribution in [-0.2, 0) is 6.54 Å². The fourth-order valence-corrected chi connectivity index (χ4v) is 2.88. The molecule has 2 aromatic carbocycles. The molecule has 0 bridgehead atoms. The molecule has 0 aliphatic carbocycles. The smallest absolute Gasteiger partial charge is 0.248 e. The van der Waals surface area contributed by atoms with Gasteiger partial charge in [-0.05, 0) is 37.1 Å². The zero-order valence-electron chi connectivity index (χ0n) is 14.6. The Hall–Kier alpha value is -2.66. The lowest BCUT2D eigenvalue weighted by atomic mass is 10.1. The van der Waals surface area contributed by atoms with Crippen LogP contribution in [0.1, 0.15) is 24.8 Å². The van der Waals surface area contributed by atoms with Crippen LogP contribution in [0.2, 0.25) is 0 Å². The Morgan fingerprint density at radius 1 is 1.04 bits per heavy atom. The normalized spacial score (nSPS) is 12.1. The van der Waals surface area contributed by atoms with Gasteiger partial charge in [0.2, 0.25) is 11.8 Å². The van der Waals surface area contributed by atoms with Crippen LogP contribution in [0.5, 0.6) is 0 Å². The highest BCUT2D eigenvalue weighted by atomic mass is 16.4. The van der Waals surface area contributed by atoms with Crippen LogP contribution in [0.25, 0.3) is 11.5 Å². The average Bonchev–Trinajstić information content (AvgIpc) is 3.11. The number of hydrogen-bond donors (Lipinski definition) is 1. The van der Waals surface area contributed by atoms with Gasteiger partial charge in [0, 0.05) is 11.3 Å². The number of hydrogen-bond acceptors (Lipinski definition) is 5. The fourth-order valence-electron chi connectivity index (χ4n) is 2.88. The number of anilines is 1. The molecule has 1 aromatic heterocycles. The van der Waals surface area contributed by atoms with Gasteiger partial charge < -0.3 is 14.4 Å². The van der Waals surface area contributed by atoms with Gasteiger partial charge in [0.25, 0.3) is 0 Å². The molecule has 1 unspecified atom stereocenters. The summed E-state index contributed by atoms with van der Waals surface area (Å²) in [6.45, 7) is 4.61. The molecule has 0 saturated carbocycles. The number of benzene rings is 2. The summed E-state index contributed by atoms with van der Waals surface area (Å²) in [5.41, 5.74) is 3.07. The number of rotatable bonds is 7. The topological polar surface area (TPSA) is 62.4 Å². The molecule has 25 heavy (non-hydrogen) atoms. The molecular formula is C20H23N3O2. The fraction of sp³-hybridized carbons (Fsp3) is 0.300. The lowest BCUT2D eigenvalue weighted by Crippen LogP contribution is -2.37. The third kappa shape index (κ3) is 3.88. The SMILES string of the molecule is CCC(CO)N(Cc1nnc(-c2ccccc2C)o1)c1ccccc1. The van der Waals surface area contributed by atoms with Crippen molar-refractivity contribution in [2.45, 2.75) is 32.9 Å². The molecule has 1 heterocycles. The third-order valence-corrected chi connectivity index (χ3v) is 4.36. The molecule has 3 rings (SSSR count). The van der Waals surface area contributed by atoms with E-state index in [0.717, 1.165) is 23.2 Å². The van der Waals surface area contributed by atoms with Gasteiger partial charge in [0.15, 0.2) is 0 Å². The summed E-state index contributed by atoms with van der Waals surface area (Å²) < 4.78 is 5.90. The molecule has 130 valence electrons. The molecule has 0 amide bonds. The molecule has 0 fully saturated rings. The van der Waals surface area contributed by atoms with Crippen molar-refractivity contribution in [2.24, 2.45) is 0 Å². The maximum atomic E-state index is 9.75. The summed E-state index contributed by atoms with van der Waals surface area (Å²) in [5.74, 6) is 1.06. The van der Waals surface area contributed by atoms with Crippen LogP contribution in [-0.4, -0.2) is 28.0 Å². The molecule has 1 N–H and O–H groups in total. The molecule has 0 aliphatic rings. The summed E-state index contributed by atoms with van der Waals surface area (Å²) >= 11 is 0. The lowest BCUT2D eigenvalue weighted by Gasteiger charge is -2.30. The molecule has 0 spiro atoms. The van der Waals surface area contributed by atoms with Gasteiger partial charge in [-0.2, -0.15) is 0 Å². The number of aliphatic hydroxyl groups is 1. The molecule has 1 atom stereocenters. The van der Waals surface area contributed by atoms with Gasteiger partial charge in [-0.1, -0.05) is 43.3 Å². The minimum Gasteiger partial charge on any atom is -0.419 e. The number of para-hydroxylation sites is 1. The number of aromatic nitrogens is 2. The van der Waals surface area contributed by atoms with E-state index in [0.29, 0.717) is 18.3 Å². The number of nitrogens with zero attached hydrogens (tertiary/aromatic N) is 3. The lowest BCUT2D eigenvalue weighted by molar-refractivity contribution is 0.253. The minimum atomic E-state index is -0.00351. The quantitative estimate of drug-likeness (QED) is 0.710. The second kappa shape index (κ2) is 7.94. The van der Waals surface area contributed by atoms with Crippen molar-refractivity contribution in [1.29, 1.82) is 0 Å². The Balaban J connectivity index is 1.87. The van der Waals surface area contributed by atoms with E-state index < -0.39 is 0 Å². The largest absolute Gasteiger partial charge is 0.419 e. The van der Waals surface area contributed by atoms with Crippen molar-refractivity contribution < 1.29 is 9.52 Å². The van der Waals surface area contributed by atoms with Crippen LogP contribution in [0, 0.1) is 6.92 Å². The van der Waals surface area contributed by atoms with E-state index in [1.54, 1.807) is 0 Å². The highest BCUT2D eigenvalue weighted by Gasteiger charge is 2.20. The first-order valence-corrected chi connectivity index (χ1v) is 8.53. The Morgan fingerprint density at radius 3 is 2.44 bits per heavy atom. The highest BCUT2D eigenvalue weighted by molar-refractivity contribution is 5.57. The van der Waals surface area contributed by atoms with Gasteiger partial charge in [-0.25, -0.2) is 0 Å². The zero-order valence-corrected chi connectivity index (χ0v) is 14.6. The minimum absolute atomic E-state index is 0.00351. The van der Waals surface area contributed by atoms with E-state index in [2.05, 4.69) is 22.0 Å². The Kier molecular flexibility index (Phi) is 5.46. The molecular weight excluding hydrogens is 314 g/mol. The van der Waals surface area contributed by atoms with E-state index in [-0.39, 0.29) is 12.6 Å². The predicted octanol–water partition coefficient (Wildman–Crippen LogP) is 3.82. The van der Waals surface area contributed by atoms with Crippen molar-refractivity contribution >= 4 is 5.69 Å². The van der Waals surface area contributed by atoms with E-state index in [1.807, 2.05) is 61.5 Å². The zero-order chi connectivity index (χ0) is 17.6. The Labute approximate surface area is 147 Å². The van der Waals surface area contributed by atoms with E-state index in [4.69, 9.17) is 4.42 Å². The Morgan fingerprint density at radius 2 is 1.76 bits per heavy atom. The highest BCUT2D eigenvalue weighted by Crippen LogP contribution is 2.24. The van der Waals surface area contributed by atoms with Gasteiger partial charge in [0.05, 0.1) is 19.2 Å². The van der Waals surface area contributed by atoms with Crippen LogP contribution in [0.3, 0.4) is 0 Å². The molecule has 3 aromatic rings. The monoisotopic (exact) mass is 337 g/mol. The molecule has 5 heteroatoms. The summed E-state index contributed by atoms with van der Waals surface area (Å²) in [6, 6.07) is 17.9. The van der Waals surface area contributed by atoms with E-state index >= 15 is 0 Å². The number of aryl methyl sites for hydroxylation is 1. The van der Waals surface area contributed by atoms with E-state index in [1.165, 1.54) is 0 Å². The third-order valence-electron chi connectivity index (χ3n) is 4.36. The van der Waals surface area contributed by atoms with E-state index in [9.17, 15) is 5.11 Å². The van der Waals surface area contributed by atoms with Gasteiger partial charge >= 0.3 is 0 Å². The van der Waals surface area contributed by atoms with Crippen molar-refractivity contribution in [3.05, 3.63) is 66.1 Å². The summed E-state index contributed by atoms with van der Waals surface area (Å²) in [7, 11) is 0. The Bertz CT molecular complexity index is 797. The first-order chi connectivity index (χ1) is 12.2. The van der Waals surface area contributed by atoms with Crippen LogP contribution in [0.4, 0.5) is 5.69 Å².